The number of imidazole rings is 2. The number of hydrogen-bond acceptors (Lipinski definition) is 2. The number of H-pyrrole nitrogens is 1. The second-order valence-corrected chi connectivity index (χ2v) is 8.56. The van der Waals surface area contributed by atoms with Gasteiger partial charge in [0, 0.05) is 23.0 Å². The van der Waals surface area contributed by atoms with Crippen molar-refractivity contribution in [3.63, 3.8) is 0 Å². The third-order valence-electron chi connectivity index (χ3n) is 4.51. The predicted octanol–water partition coefficient (Wildman–Crippen LogP) is 5.18. The molecule has 4 aromatic rings. The van der Waals surface area contributed by atoms with Gasteiger partial charge in [-0.1, -0.05) is 40.2 Å². The highest BCUT2D eigenvalue weighted by atomic mass is 79.9. The van der Waals surface area contributed by atoms with Gasteiger partial charge in [-0.05, 0) is 50.6 Å². The minimum Gasteiger partial charge on any atom is -0.323 e. The maximum absolute atomic E-state index is 4.77. The van der Waals surface area contributed by atoms with Crippen molar-refractivity contribution < 1.29 is 0 Å². The van der Waals surface area contributed by atoms with E-state index >= 15 is 0 Å². The standard InChI is InChI=1S/C21H23BrN4/c1-21(2,3)23-13-12-18-19(14-8-10-15(22)11-9-14)25-20-24-16-6-4-5-7-17(16)26(18)20/h4-11,23H,12-13H2,1-3H3,(H,24,25). The third-order valence-corrected chi connectivity index (χ3v) is 5.03. The zero-order valence-electron chi connectivity index (χ0n) is 15.3. The van der Waals surface area contributed by atoms with E-state index in [1.807, 2.05) is 6.07 Å². The molecule has 0 aliphatic carbocycles. The van der Waals surface area contributed by atoms with E-state index in [-0.39, 0.29) is 5.54 Å². The van der Waals surface area contributed by atoms with Crippen LogP contribution in [-0.4, -0.2) is 26.5 Å². The molecule has 0 unspecified atom stereocenters. The van der Waals surface area contributed by atoms with Gasteiger partial charge in [-0.15, -0.1) is 0 Å². The lowest BCUT2D eigenvalue weighted by Crippen LogP contribution is -2.37. The molecule has 0 aliphatic heterocycles. The Kier molecular flexibility index (Phi) is 4.37. The number of hydrogen-bond donors (Lipinski definition) is 2. The molecule has 4 rings (SSSR count). The number of aromatic amines is 1. The second-order valence-electron chi connectivity index (χ2n) is 7.64. The number of benzene rings is 2. The first kappa shape index (κ1) is 17.3. The quantitative estimate of drug-likeness (QED) is 0.486. The molecule has 134 valence electrons. The van der Waals surface area contributed by atoms with Crippen molar-refractivity contribution in [1.29, 1.82) is 0 Å². The second kappa shape index (κ2) is 6.56. The number of aromatic nitrogens is 3. The SMILES string of the molecule is CC(C)(C)NCCc1c(-c2ccc(Br)cc2)[nH]c2nc3ccccc3n12. The molecule has 0 spiro atoms. The molecule has 0 fully saturated rings. The average molecular weight is 411 g/mol. The van der Waals surface area contributed by atoms with Gasteiger partial charge >= 0.3 is 0 Å². The van der Waals surface area contributed by atoms with Crippen LogP contribution >= 0.6 is 15.9 Å². The number of halogens is 1. The van der Waals surface area contributed by atoms with Crippen molar-refractivity contribution in [2.75, 3.05) is 6.54 Å². The molecule has 0 aliphatic rings. The summed E-state index contributed by atoms with van der Waals surface area (Å²) in [7, 11) is 0. The first-order valence-corrected chi connectivity index (χ1v) is 9.71. The maximum atomic E-state index is 4.77. The summed E-state index contributed by atoms with van der Waals surface area (Å²) in [6.07, 6.45) is 0.920. The summed E-state index contributed by atoms with van der Waals surface area (Å²) < 4.78 is 3.34. The van der Waals surface area contributed by atoms with Gasteiger partial charge in [0.1, 0.15) is 0 Å². The molecule has 4 nitrogen and oxygen atoms in total. The lowest BCUT2D eigenvalue weighted by molar-refractivity contribution is 0.428. The van der Waals surface area contributed by atoms with E-state index in [0.29, 0.717) is 0 Å². The molecule has 2 aromatic carbocycles. The fourth-order valence-electron chi connectivity index (χ4n) is 3.33. The smallest absolute Gasteiger partial charge is 0.213 e. The van der Waals surface area contributed by atoms with E-state index in [4.69, 9.17) is 4.98 Å². The molecule has 0 atom stereocenters. The van der Waals surface area contributed by atoms with Gasteiger partial charge in [0.2, 0.25) is 5.78 Å². The van der Waals surface area contributed by atoms with Crippen LogP contribution in [0.4, 0.5) is 0 Å². The van der Waals surface area contributed by atoms with Gasteiger partial charge in [0.15, 0.2) is 0 Å². The van der Waals surface area contributed by atoms with Crippen LogP contribution in [0.15, 0.2) is 53.0 Å². The Morgan fingerprint density at radius 1 is 1.08 bits per heavy atom. The molecule has 0 saturated carbocycles. The maximum Gasteiger partial charge on any atom is 0.213 e. The summed E-state index contributed by atoms with van der Waals surface area (Å²) in [5.41, 5.74) is 5.84. The molecule has 2 heterocycles. The van der Waals surface area contributed by atoms with Crippen LogP contribution in [0.25, 0.3) is 28.1 Å². The van der Waals surface area contributed by atoms with Crippen molar-refractivity contribution in [2.24, 2.45) is 0 Å². The average Bonchev–Trinajstić information content (AvgIpc) is 3.11. The molecule has 0 saturated heterocycles. The van der Waals surface area contributed by atoms with Gasteiger partial charge in [-0.2, -0.15) is 0 Å². The Balaban J connectivity index is 1.84. The van der Waals surface area contributed by atoms with Gasteiger partial charge < -0.3 is 10.3 Å². The van der Waals surface area contributed by atoms with Gasteiger partial charge in [-0.25, -0.2) is 4.98 Å². The van der Waals surface area contributed by atoms with Crippen LogP contribution in [0, 0.1) is 0 Å². The summed E-state index contributed by atoms with van der Waals surface area (Å²) in [4.78, 5) is 8.32. The summed E-state index contributed by atoms with van der Waals surface area (Å²) in [6, 6.07) is 16.7. The van der Waals surface area contributed by atoms with E-state index in [0.717, 1.165) is 39.9 Å². The fourth-order valence-corrected chi connectivity index (χ4v) is 3.59. The number of rotatable bonds is 4. The lowest BCUT2D eigenvalue weighted by Gasteiger charge is -2.20. The Bertz CT molecular complexity index is 1050. The highest BCUT2D eigenvalue weighted by Crippen LogP contribution is 2.29. The van der Waals surface area contributed by atoms with Crippen LogP contribution in [-0.2, 0) is 6.42 Å². The summed E-state index contributed by atoms with van der Waals surface area (Å²) in [5.74, 6) is 0.898. The van der Waals surface area contributed by atoms with Crippen molar-refractivity contribution in [3.8, 4) is 11.3 Å². The molecule has 26 heavy (non-hydrogen) atoms. The first-order valence-electron chi connectivity index (χ1n) is 8.91. The van der Waals surface area contributed by atoms with Crippen molar-refractivity contribution >= 4 is 32.7 Å². The Morgan fingerprint density at radius 2 is 1.81 bits per heavy atom. The first-order chi connectivity index (χ1) is 12.4. The van der Waals surface area contributed by atoms with Crippen LogP contribution in [0.3, 0.4) is 0 Å². The fraction of sp³-hybridized carbons (Fsp3) is 0.286. The number of para-hydroxylation sites is 2. The predicted molar refractivity (Wildman–Crippen MR) is 112 cm³/mol. The summed E-state index contributed by atoms with van der Waals surface area (Å²) in [5, 5.41) is 3.60. The number of nitrogens with one attached hydrogen (secondary N) is 2. The minimum atomic E-state index is 0.101. The van der Waals surface area contributed by atoms with E-state index < -0.39 is 0 Å². The Hall–Kier alpha value is -2.11. The highest BCUT2D eigenvalue weighted by molar-refractivity contribution is 9.10. The molecular formula is C21H23BrN4. The molecule has 0 amide bonds. The van der Waals surface area contributed by atoms with Crippen molar-refractivity contribution in [2.45, 2.75) is 32.7 Å². The van der Waals surface area contributed by atoms with Crippen LogP contribution in [0.1, 0.15) is 26.5 Å². The molecule has 2 N–H and O–H groups in total. The van der Waals surface area contributed by atoms with E-state index in [1.165, 1.54) is 11.3 Å². The Labute approximate surface area is 161 Å². The number of fused-ring (bicyclic) bond motifs is 3. The molecule has 2 aromatic heterocycles. The van der Waals surface area contributed by atoms with Crippen LogP contribution < -0.4 is 5.32 Å². The normalized spacial score (nSPS) is 12.3. The van der Waals surface area contributed by atoms with Crippen LogP contribution in [0.2, 0.25) is 0 Å². The van der Waals surface area contributed by atoms with Gasteiger partial charge in [-0.3, -0.25) is 4.40 Å². The molecule has 5 heteroatoms. The molecule has 0 bridgehead atoms. The zero-order chi connectivity index (χ0) is 18.3. The number of nitrogens with zero attached hydrogens (tertiary/aromatic N) is 2. The Morgan fingerprint density at radius 3 is 2.54 bits per heavy atom. The van der Waals surface area contributed by atoms with Crippen LogP contribution in [0.5, 0.6) is 0 Å². The third kappa shape index (κ3) is 3.29. The van der Waals surface area contributed by atoms with Crippen molar-refractivity contribution in [3.05, 3.63) is 58.7 Å². The lowest BCUT2D eigenvalue weighted by atomic mass is 10.1. The van der Waals surface area contributed by atoms with Gasteiger partial charge in [0.25, 0.3) is 0 Å². The summed E-state index contributed by atoms with van der Waals surface area (Å²) >= 11 is 3.52. The summed E-state index contributed by atoms with van der Waals surface area (Å²) in [6.45, 7) is 7.50. The largest absolute Gasteiger partial charge is 0.323 e. The van der Waals surface area contributed by atoms with E-state index in [9.17, 15) is 0 Å². The van der Waals surface area contributed by atoms with E-state index in [2.05, 4.69) is 93.9 Å². The minimum absolute atomic E-state index is 0.101. The molecular weight excluding hydrogens is 388 g/mol. The van der Waals surface area contributed by atoms with Crippen molar-refractivity contribution in [1.82, 2.24) is 19.7 Å². The monoisotopic (exact) mass is 410 g/mol. The zero-order valence-corrected chi connectivity index (χ0v) is 16.9. The topological polar surface area (TPSA) is 45.1 Å². The van der Waals surface area contributed by atoms with E-state index in [1.54, 1.807) is 0 Å². The molecule has 0 radical (unpaired) electrons. The van der Waals surface area contributed by atoms with Gasteiger partial charge in [0.05, 0.1) is 22.4 Å². The highest BCUT2D eigenvalue weighted by Gasteiger charge is 2.18.